The Kier molecular flexibility index (Phi) is 6.54. The highest BCUT2D eigenvalue weighted by molar-refractivity contribution is 7.13. The summed E-state index contributed by atoms with van der Waals surface area (Å²) in [6.07, 6.45) is 9.36. The number of nitrogens with one attached hydrogen (secondary N) is 1. The molecule has 0 radical (unpaired) electrons. The zero-order valence-corrected chi connectivity index (χ0v) is 18.2. The average Bonchev–Trinajstić information content (AvgIpc) is 3.52. The molecule has 0 aliphatic carbocycles. The van der Waals surface area contributed by atoms with Crippen molar-refractivity contribution >= 4 is 17.2 Å². The van der Waals surface area contributed by atoms with Crippen LogP contribution in [0.3, 0.4) is 0 Å². The Bertz CT molecular complexity index is 992. The third-order valence-electron chi connectivity index (χ3n) is 5.41. The van der Waals surface area contributed by atoms with Crippen molar-refractivity contribution in [1.29, 1.82) is 0 Å². The zero-order valence-electron chi connectivity index (χ0n) is 17.4. The van der Waals surface area contributed by atoms with E-state index >= 15 is 0 Å². The number of unbranched alkanes of at least 4 members (excludes halogenated alkanes) is 1. The van der Waals surface area contributed by atoms with E-state index in [1.54, 1.807) is 18.6 Å². The van der Waals surface area contributed by atoms with E-state index in [9.17, 15) is 4.79 Å². The van der Waals surface area contributed by atoms with Crippen molar-refractivity contribution in [1.82, 2.24) is 24.8 Å². The monoisotopic (exact) mass is 425 g/mol. The van der Waals surface area contributed by atoms with Crippen LogP contribution >= 0.6 is 11.3 Å². The summed E-state index contributed by atoms with van der Waals surface area (Å²) >= 11 is 1.54. The largest absolute Gasteiger partial charge is 0.376 e. The van der Waals surface area contributed by atoms with Gasteiger partial charge in [0.05, 0.1) is 29.3 Å². The Balaban J connectivity index is 1.61. The van der Waals surface area contributed by atoms with Crippen LogP contribution in [0.2, 0.25) is 0 Å². The predicted molar refractivity (Wildman–Crippen MR) is 118 cm³/mol. The number of thiazole rings is 1. The molecule has 8 heteroatoms. The first-order valence-corrected chi connectivity index (χ1v) is 11.4. The predicted octanol–water partition coefficient (Wildman–Crippen LogP) is 4.09. The molecule has 30 heavy (non-hydrogen) atoms. The van der Waals surface area contributed by atoms with E-state index in [0.717, 1.165) is 66.6 Å². The van der Waals surface area contributed by atoms with Crippen molar-refractivity contribution in [3.8, 4) is 22.1 Å². The fourth-order valence-electron chi connectivity index (χ4n) is 3.72. The van der Waals surface area contributed by atoms with Crippen molar-refractivity contribution in [3.63, 3.8) is 0 Å². The lowest BCUT2D eigenvalue weighted by Crippen LogP contribution is -2.32. The molecule has 158 valence electrons. The molecule has 4 heterocycles. The van der Waals surface area contributed by atoms with Crippen LogP contribution < -0.4 is 5.32 Å². The molecule has 0 aromatic carbocycles. The van der Waals surface area contributed by atoms with Gasteiger partial charge in [0.2, 0.25) is 0 Å². The molecule has 3 aromatic heterocycles. The molecule has 0 spiro atoms. The first-order chi connectivity index (χ1) is 14.7. The number of hydrogen-bond donors (Lipinski definition) is 1. The molecule has 0 saturated carbocycles. The van der Waals surface area contributed by atoms with Crippen LogP contribution in [0.25, 0.3) is 22.1 Å². The third-order valence-corrected chi connectivity index (χ3v) is 6.27. The van der Waals surface area contributed by atoms with Crippen LogP contribution in [0.1, 0.15) is 48.7 Å². The molecule has 0 bridgehead atoms. The molecule has 1 amide bonds. The second-order valence-electron chi connectivity index (χ2n) is 7.51. The summed E-state index contributed by atoms with van der Waals surface area (Å²) in [4.78, 5) is 26.2. The summed E-state index contributed by atoms with van der Waals surface area (Å²) in [6, 6.07) is 1.96. The average molecular weight is 426 g/mol. The number of rotatable bonds is 8. The van der Waals surface area contributed by atoms with Gasteiger partial charge in [0, 0.05) is 43.2 Å². The summed E-state index contributed by atoms with van der Waals surface area (Å²) in [5.74, 6) is -0.0520. The van der Waals surface area contributed by atoms with E-state index in [2.05, 4.69) is 26.8 Å². The molecule has 1 unspecified atom stereocenters. The lowest BCUT2D eigenvalue weighted by molar-refractivity contribution is 0.0857. The van der Waals surface area contributed by atoms with Crippen LogP contribution in [0.5, 0.6) is 0 Å². The van der Waals surface area contributed by atoms with Crippen LogP contribution in [0.4, 0.5) is 0 Å². The van der Waals surface area contributed by atoms with Gasteiger partial charge in [-0.2, -0.15) is 0 Å². The number of ether oxygens (including phenoxy) is 1. The number of carbonyl (C=O) groups is 1. The van der Waals surface area contributed by atoms with Gasteiger partial charge in [0.1, 0.15) is 10.7 Å². The molecule has 3 aromatic rings. The minimum Gasteiger partial charge on any atom is -0.376 e. The van der Waals surface area contributed by atoms with Crippen molar-refractivity contribution in [3.05, 3.63) is 41.3 Å². The van der Waals surface area contributed by atoms with Crippen LogP contribution in [0.15, 0.2) is 30.0 Å². The highest BCUT2D eigenvalue weighted by atomic mass is 32.1. The molecule has 1 aliphatic rings. The maximum absolute atomic E-state index is 12.9. The fourth-order valence-corrected chi connectivity index (χ4v) is 4.49. The van der Waals surface area contributed by atoms with Gasteiger partial charge in [0.25, 0.3) is 5.91 Å². The number of carbonyl (C=O) groups excluding carboxylic acids is 1. The molecule has 1 atom stereocenters. The van der Waals surface area contributed by atoms with Gasteiger partial charge in [-0.25, -0.2) is 4.98 Å². The maximum Gasteiger partial charge on any atom is 0.253 e. The van der Waals surface area contributed by atoms with E-state index in [4.69, 9.17) is 9.72 Å². The maximum atomic E-state index is 12.9. The molecule has 1 fully saturated rings. The highest BCUT2D eigenvalue weighted by Gasteiger charge is 2.22. The molecule has 1 N–H and O–H groups in total. The Morgan fingerprint density at radius 2 is 2.27 bits per heavy atom. The van der Waals surface area contributed by atoms with E-state index in [0.29, 0.717) is 12.1 Å². The van der Waals surface area contributed by atoms with Crippen LogP contribution in [-0.4, -0.2) is 44.7 Å². The van der Waals surface area contributed by atoms with Gasteiger partial charge in [0.15, 0.2) is 0 Å². The van der Waals surface area contributed by atoms with E-state index in [1.807, 2.05) is 18.4 Å². The topological polar surface area (TPSA) is 81.9 Å². The van der Waals surface area contributed by atoms with Crippen molar-refractivity contribution in [2.75, 3.05) is 13.2 Å². The molecule has 7 nitrogen and oxygen atoms in total. The first-order valence-electron chi connectivity index (χ1n) is 10.5. The van der Waals surface area contributed by atoms with Crippen molar-refractivity contribution in [2.45, 2.75) is 52.2 Å². The Morgan fingerprint density at radius 3 is 3.00 bits per heavy atom. The van der Waals surface area contributed by atoms with Gasteiger partial charge in [-0.3, -0.25) is 14.8 Å². The third kappa shape index (κ3) is 4.44. The van der Waals surface area contributed by atoms with E-state index in [1.165, 1.54) is 11.3 Å². The Hall–Kier alpha value is -2.58. The number of hydrogen-bond acceptors (Lipinski definition) is 6. The number of aromatic nitrogens is 4. The lowest BCUT2D eigenvalue weighted by Gasteiger charge is -2.12. The van der Waals surface area contributed by atoms with Crippen molar-refractivity contribution in [2.24, 2.45) is 0 Å². The standard InChI is InChI=1S/C22H27N5O2S/c1-3-4-9-27-15(2)17(21(28)25-12-16-6-5-10-29-16)11-20(27)19-14-30-22(26-19)18-13-23-7-8-24-18/h7-8,11,13-14,16H,3-6,9-10,12H2,1-2H3,(H,25,28). The SMILES string of the molecule is CCCCn1c(-c2csc(-c3cnccn3)n2)cc(C(=O)NCC2CCCO2)c1C. The van der Waals surface area contributed by atoms with Crippen LogP contribution in [-0.2, 0) is 11.3 Å². The Labute approximate surface area is 180 Å². The Morgan fingerprint density at radius 1 is 1.37 bits per heavy atom. The van der Waals surface area contributed by atoms with Gasteiger partial charge in [-0.1, -0.05) is 13.3 Å². The summed E-state index contributed by atoms with van der Waals surface area (Å²) in [5.41, 5.74) is 4.25. The van der Waals surface area contributed by atoms with Gasteiger partial charge in [-0.05, 0) is 32.3 Å². The minimum atomic E-state index is -0.0520. The normalized spacial score (nSPS) is 16.1. The summed E-state index contributed by atoms with van der Waals surface area (Å²) in [6.45, 7) is 6.38. The molecule has 4 rings (SSSR count). The van der Waals surface area contributed by atoms with E-state index in [-0.39, 0.29) is 12.0 Å². The second-order valence-corrected chi connectivity index (χ2v) is 8.37. The summed E-state index contributed by atoms with van der Waals surface area (Å²) in [7, 11) is 0. The molecule has 1 saturated heterocycles. The quantitative estimate of drug-likeness (QED) is 0.588. The molecular formula is C22H27N5O2S. The first kappa shape index (κ1) is 20.7. The minimum absolute atomic E-state index is 0.0520. The zero-order chi connectivity index (χ0) is 20.9. The fraction of sp³-hybridized carbons (Fsp3) is 0.455. The van der Waals surface area contributed by atoms with Gasteiger partial charge in [-0.15, -0.1) is 11.3 Å². The number of amides is 1. The highest BCUT2D eigenvalue weighted by Crippen LogP contribution is 2.31. The van der Waals surface area contributed by atoms with Gasteiger partial charge < -0.3 is 14.6 Å². The van der Waals surface area contributed by atoms with Gasteiger partial charge >= 0.3 is 0 Å². The number of nitrogens with zero attached hydrogens (tertiary/aromatic N) is 4. The summed E-state index contributed by atoms with van der Waals surface area (Å²) < 4.78 is 7.83. The van der Waals surface area contributed by atoms with Crippen LogP contribution in [0, 0.1) is 6.92 Å². The molecular weight excluding hydrogens is 398 g/mol. The smallest absolute Gasteiger partial charge is 0.253 e. The second kappa shape index (κ2) is 9.49. The van der Waals surface area contributed by atoms with E-state index < -0.39 is 0 Å². The summed E-state index contributed by atoms with van der Waals surface area (Å²) in [5, 5.41) is 5.89. The lowest BCUT2D eigenvalue weighted by atomic mass is 10.2. The van der Waals surface area contributed by atoms with Crippen molar-refractivity contribution < 1.29 is 9.53 Å². The molecule has 1 aliphatic heterocycles.